The molecular formula is C49H86N4O13. The van der Waals surface area contributed by atoms with Crippen LogP contribution in [0.15, 0.2) is 30.3 Å². The molecule has 0 unspecified atom stereocenters. The third-order valence-electron chi connectivity index (χ3n) is 14.5. The number of amides is 2. The van der Waals surface area contributed by atoms with Crippen LogP contribution in [0.3, 0.4) is 0 Å². The third kappa shape index (κ3) is 14.3. The van der Waals surface area contributed by atoms with Crippen LogP contribution in [0.25, 0.3) is 0 Å². The number of cyclic esters (lactones) is 1. The molecule has 4 rings (SSSR count). The summed E-state index contributed by atoms with van der Waals surface area (Å²) in [6.07, 6.45) is -7.76. The summed E-state index contributed by atoms with van der Waals surface area (Å²) in [5.74, 6) is -2.85. The predicted octanol–water partition coefficient (Wildman–Crippen LogP) is 3.20. The highest BCUT2D eigenvalue weighted by Crippen LogP contribution is 2.40. The van der Waals surface area contributed by atoms with Crippen LogP contribution in [0, 0.1) is 17.8 Å². The summed E-state index contributed by atoms with van der Waals surface area (Å²) in [4.78, 5) is 31.2. The second-order valence-electron chi connectivity index (χ2n) is 20.5. The van der Waals surface area contributed by atoms with Crippen molar-refractivity contribution in [3.8, 4) is 0 Å². The maximum absolute atomic E-state index is 14.5. The first-order valence-corrected chi connectivity index (χ1v) is 24.2. The van der Waals surface area contributed by atoms with E-state index in [4.69, 9.17) is 28.4 Å². The van der Waals surface area contributed by atoms with E-state index in [-0.39, 0.29) is 43.4 Å². The third-order valence-corrected chi connectivity index (χ3v) is 14.5. The van der Waals surface area contributed by atoms with E-state index in [0.717, 1.165) is 5.56 Å². The zero-order chi connectivity index (χ0) is 49.3. The van der Waals surface area contributed by atoms with Gasteiger partial charge in [0.25, 0.3) is 0 Å². The highest BCUT2D eigenvalue weighted by molar-refractivity contribution is 5.74. The minimum Gasteiger partial charge on any atom is -0.459 e. The summed E-state index contributed by atoms with van der Waals surface area (Å²) in [7, 11) is 5.26. The zero-order valence-corrected chi connectivity index (χ0v) is 42.0. The quantitative estimate of drug-likeness (QED) is 0.105. The van der Waals surface area contributed by atoms with Gasteiger partial charge in [-0.1, -0.05) is 51.1 Å². The van der Waals surface area contributed by atoms with Crippen LogP contribution in [0.5, 0.6) is 0 Å². The predicted molar refractivity (Wildman–Crippen MR) is 249 cm³/mol. The fraction of sp³-hybridized carbons (Fsp3) is 0.837. The SMILES string of the molecule is CC[C@H]1OC(=O)[C@H](C)[C@@H](O[C@H]2C[C@@](C)(OC)[C@@H](O)[C@H](C)O2)[C@H](C)[C@@H](O[C@@H]2O[C@H](C)C[C@H](N(C)C)[C@H]2O)[C@](C)(O)C[C@@H](C)CN(CCCNC(=O)NCCc2ccccc2)[C@H](C)[C@@H](O)[C@]1(C)O. The zero-order valence-electron chi connectivity index (χ0n) is 42.0. The molecule has 17 heteroatoms. The van der Waals surface area contributed by atoms with E-state index in [1.54, 1.807) is 41.5 Å². The van der Waals surface area contributed by atoms with Gasteiger partial charge < -0.3 is 69.5 Å². The number of hydrogen-bond acceptors (Lipinski definition) is 15. The number of benzene rings is 1. The molecule has 3 aliphatic heterocycles. The van der Waals surface area contributed by atoms with Crippen LogP contribution >= 0.6 is 0 Å². The van der Waals surface area contributed by atoms with E-state index in [1.165, 1.54) is 14.0 Å². The van der Waals surface area contributed by atoms with Crippen LogP contribution in [0.4, 0.5) is 4.79 Å². The van der Waals surface area contributed by atoms with Crippen molar-refractivity contribution < 1.29 is 63.5 Å². The van der Waals surface area contributed by atoms with Gasteiger partial charge in [-0.3, -0.25) is 9.69 Å². The first kappa shape index (κ1) is 56.1. The smallest absolute Gasteiger partial charge is 0.314 e. The summed E-state index contributed by atoms with van der Waals surface area (Å²) < 4.78 is 38.0. The van der Waals surface area contributed by atoms with Crippen molar-refractivity contribution in [3.63, 3.8) is 0 Å². The van der Waals surface area contributed by atoms with Gasteiger partial charge >= 0.3 is 12.0 Å². The first-order valence-electron chi connectivity index (χ1n) is 24.2. The van der Waals surface area contributed by atoms with Gasteiger partial charge in [0.05, 0.1) is 41.5 Å². The number of aliphatic hydroxyl groups is 5. The number of methoxy groups -OCH3 is 1. The Bertz CT molecular complexity index is 1640. The molecule has 1 aromatic carbocycles. The standard InChI is InChI=1S/C49H86N4O13/c1-14-37-49(10,60)41(55)33(6)53(24-18-22-50-46(58)51-23-21-35-19-16-15-17-20-35)28-29(2)26-47(8,59)43(66-45-39(54)36(52(11)12)25-30(3)62-45)31(4)40(32(5)44(57)64-37)65-38-27-48(9,61-13)42(56)34(7)63-38/h15-17,19-20,29-34,36-43,45,54-56,59-60H,14,18,21-28H2,1-13H3,(H2,50,51,58)/t29-,30-,31+,32-,33-,34+,36+,37-,38+,39-,40+,41-,42+,43-,45+,47-,48-,49-/m1/s1. The molecule has 3 aliphatic rings. The van der Waals surface area contributed by atoms with Crippen LogP contribution in [0.2, 0.25) is 0 Å². The van der Waals surface area contributed by atoms with Crippen LogP contribution in [-0.4, -0.2) is 185 Å². The van der Waals surface area contributed by atoms with Gasteiger partial charge in [-0.15, -0.1) is 0 Å². The lowest BCUT2D eigenvalue weighted by Crippen LogP contribution is -2.60. The largest absolute Gasteiger partial charge is 0.459 e. The molecule has 1 aromatic rings. The molecule has 3 heterocycles. The van der Waals surface area contributed by atoms with E-state index >= 15 is 0 Å². The topological polar surface area (TPSA) is 221 Å². The monoisotopic (exact) mass is 939 g/mol. The summed E-state index contributed by atoms with van der Waals surface area (Å²) in [6, 6.07) is 8.62. The van der Waals surface area contributed by atoms with Crippen molar-refractivity contribution in [2.24, 2.45) is 17.8 Å². The van der Waals surface area contributed by atoms with Crippen LogP contribution in [0.1, 0.15) is 107 Å². The molecule has 2 amide bonds. The second kappa shape index (κ2) is 24.4. The Hall–Kier alpha value is -2.52. The lowest BCUT2D eigenvalue weighted by molar-refractivity contribution is -0.318. The molecule has 0 aliphatic carbocycles. The average molecular weight is 939 g/mol. The van der Waals surface area contributed by atoms with Gasteiger partial charge in [0.15, 0.2) is 12.6 Å². The number of rotatable bonds is 14. The van der Waals surface area contributed by atoms with Gasteiger partial charge in [-0.2, -0.15) is 0 Å². The van der Waals surface area contributed by atoms with Crippen LogP contribution < -0.4 is 10.6 Å². The Morgan fingerprint density at radius 1 is 0.924 bits per heavy atom. The number of urea groups is 1. The summed E-state index contributed by atoms with van der Waals surface area (Å²) >= 11 is 0. The number of likely N-dealkylation sites (N-methyl/N-ethyl adjacent to an activating group) is 1. The molecule has 66 heavy (non-hydrogen) atoms. The van der Waals surface area contributed by atoms with E-state index < -0.39 is 96.0 Å². The number of aliphatic hydroxyl groups excluding tert-OH is 3. The fourth-order valence-corrected chi connectivity index (χ4v) is 10.4. The summed E-state index contributed by atoms with van der Waals surface area (Å²) in [5, 5.41) is 65.6. The van der Waals surface area contributed by atoms with Gasteiger partial charge in [0.2, 0.25) is 0 Å². The minimum atomic E-state index is -1.91. The van der Waals surface area contributed by atoms with Gasteiger partial charge in [0.1, 0.15) is 30.0 Å². The number of nitrogens with one attached hydrogen (secondary N) is 2. The molecule has 380 valence electrons. The van der Waals surface area contributed by atoms with Crippen molar-refractivity contribution in [1.29, 1.82) is 0 Å². The second-order valence-corrected chi connectivity index (χ2v) is 20.5. The van der Waals surface area contributed by atoms with Crippen molar-refractivity contribution in [1.82, 2.24) is 20.4 Å². The molecule has 3 saturated heterocycles. The van der Waals surface area contributed by atoms with E-state index in [1.807, 2.05) is 75.0 Å². The number of carbonyl (C=O) groups is 2. The van der Waals surface area contributed by atoms with E-state index in [2.05, 4.69) is 10.6 Å². The molecular weight excluding hydrogens is 853 g/mol. The number of esters is 1. The lowest BCUT2D eigenvalue weighted by atomic mass is 9.77. The Labute approximate surface area is 394 Å². The minimum absolute atomic E-state index is 0.103. The molecule has 3 fully saturated rings. The summed E-state index contributed by atoms with van der Waals surface area (Å²) in [5.41, 5.74) is -3.49. The number of hydrogen-bond donors (Lipinski definition) is 7. The van der Waals surface area contributed by atoms with Crippen molar-refractivity contribution in [3.05, 3.63) is 35.9 Å². The Kier molecular flexibility index (Phi) is 20.7. The molecule has 0 spiro atoms. The molecule has 0 bridgehead atoms. The number of nitrogens with zero attached hydrogens (tertiary/aromatic N) is 2. The van der Waals surface area contributed by atoms with Crippen molar-refractivity contribution >= 4 is 12.0 Å². The molecule has 18 atom stereocenters. The first-order chi connectivity index (χ1) is 30.9. The Morgan fingerprint density at radius 3 is 2.20 bits per heavy atom. The normalized spacial score (nSPS) is 41.4. The highest BCUT2D eigenvalue weighted by atomic mass is 16.7. The number of carbonyl (C=O) groups excluding carboxylic acids is 2. The fourth-order valence-electron chi connectivity index (χ4n) is 10.4. The number of ether oxygens (including phenoxy) is 6. The summed E-state index contributed by atoms with van der Waals surface area (Å²) in [6.45, 7) is 19.1. The molecule has 0 aromatic heterocycles. The van der Waals surface area contributed by atoms with Crippen LogP contribution in [-0.2, 0) is 39.6 Å². The molecule has 0 saturated carbocycles. The maximum atomic E-state index is 14.5. The molecule has 0 radical (unpaired) electrons. The molecule has 7 N–H and O–H groups in total. The van der Waals surface area contributed by atoms with E-state index in [0.29, 0.717) is 45.4 Å². The average Bonchev–Trinajstić information content (AvgIpc) is 3.26. The lowest BCUT2D eigenvalue weighted by Gasteiger charge is -2.48. The maximum Gasteiger partial charge on any atom is 0.314 e. The van der Waals surface area contributed by atoms with Gasteiger partial charge in [0, 0.05) is 57.7 Å². The van der Waals surface area contributed by atoms with Gasteiger partial charge in [-0.05, 0) is 106 Å². The molecule has 17 nitrogen and oxygen atoms in total. The Morgan fingerprint density at radius 2 is 1.58 bits per heavy atom. The van der Waals surface area contributed by atoms with E-state index in [9.17, 15) is 35.1 Å². The highest BCUT2D eigenvalue weighted by Gasteiger charge is 2.53. The van der Waals surface area contributed by atoms with Crippen molar-refractivity contribution in [2.75, 3.05) is 47.4 Å². The Balaban J connectivity index is 1.70. The van der Waals surface area contributed by atoms with Crippen molar-refractivity contribution in [2.45, 2.75) is 198 Å². The van der Waals surface area contributed by atoms with Gasteiger partial charge in [-0.25, -0.2) is 4.79 Å².